The number of hydrogen-bond acceptors (Lipinski definition) is 6. The standard InChI is InChI=1S/C16H18N4O3/c1-22-14-8-9-17-16(20-14)19-12-6-4-11(5-7-12)18-15(21)13-3-2-10-23-13/h4-9,13H,2-3,10H2,1H3,(H,18,21)(H,17,19,20). The molecule has 1 amide bonds. The zero-order valence-corrected chi connectivity index (χ0v) is 12.8. The molecular weight excluding hydrogens is 296 g/mol. The maximum absolute atomic E-state index is 12.0. The number of carbonyl (C=O) groups is 1. The van der Waals surface area contributed by atoms with Gasteiger partial charge in [0.1, 0.15) is 6.10 Å². The summed E-state index contributed by atoms with van der Waals surface area (Å²) in [6, 6.07) is 8.99. The molecule has 2 aromatic rings. The highest BCUT2D eigenvalue weighted by atomic mass is 16.5. The zero-order valence-electron chi connectivity index (χ0n) is 12.8. The van der Waals surface area contributed by atoms with Crippen molar-refractivity contribution in [2.45, 2.75) is 18.9 Å². The second-order valence-corrected chi connectivity index (χ2v) is 5.12. The fourth-order valence-corrected chi connectivity index (χ4v) is 2.29. The highest BCUT2D eigenvalue weighted by Crippen LogP contribution is 2.19. The van der Waals surface area contributed by atoms with E-state index in [1.807, 2.05) is 24.3 Å². The highest BCUT2D eigenvalue weighted by molar-refractivity contribution is 5.94. The Labute approximate surface area is 134 Å². The summed E-state index contributed by atoms with van der Waals surface area (Å²) in [5.41, 5.74) is 1.54. The van der Waals surface area contributed by atoms with E-state index in [9.17, 15) is 4.79 Å². The monoisotopic (exact) mass is 314 g/mol. The van der Waals surface area contributed by atoms with Crippen LogP contribution in [0.15, 0.2) is 36.5 Å². The third kappa shape index (κ3) is 3.95. The van der Waals surface area contributed by atoms with Gasteiger partial charge in [-0.1, -0.05) is 0 Å². The SMILES string of the molecule is COc1ccnc(Nc2ccc(NC(=O)C3CCCO3)cc2)n1. The minimum absolute atomic E-state index is 0.0978. The maximum atomic E-state index is 12.0. The summed E-state index contributed by atoms with van der Waals surface area (Å²) < 4.78 is 10.4. The van der Waals surface area contributed by atoms with Gasteiger partial charge >= 0.3 is 0 Å². The molecule has 1 aromatic heterocycles. The van der Waals surface area contributed by atoms with Gasteiger partial charge in [-0.2, -0.15) is 4.98 Å². The number of methoxy groups -OCH3 is 1. The van der Waals surface area contributed by atoms with Gasteiger partial charge in [-0.05, 0) is 37.1 Å². The number of amides is 1. The predicted octanol–water partition coefficient (Wildman–Crippen LogP) is 2.35. The van der Waals surface area contributed by atoms with Crippen molar-refractivity contribution in [1.82, 2.24) is 9.97 Å². The van der Waals surface area contributed by atoms with Gasteiger partial charge in [0.05, 0.1) is 7.11 Å². The van der Waals surface area contributed by atoms with E-state index < -0.39 is 0 Å². The van der Waals surface area contributed by atoms with Gasteiger partial charge < -0.3 is 20.1 Å². The van der Waals surface area contributed by atoms with Crippen molar-refractivity contribution >= 4 is 23.2 Å². The topological polar surface area (TPSA) is 85.4 Å². The molecule has 0 aliphatic carbocycles. The van der Waals surface area contributed by atoms with E-state index in [0.717, 1.165) is 24.2 Å². The van der Waals surface area contributed by atoms with Crippen molar-refractivity contribution in [2.24, 2.45) is 0 Å². The van der Waals surface area contributed by atoms with Crippen molar-refractivity contribution in [3.8, 4) is 5.88 Å². The number of nitrogens with one attached hydrogen (secondary N) is 2. The first-order chi connectivity index (χ1) is 11.2. The predicted molar refractivity (Wildman–Crippen MR) is 85.9 cm³/mol. The minimum atomic E-state index is -0.335. The van der Waals surface area contributed by atoms with E-state index in [0.29, 0.717) is 18.4 Å². The van der Waals surface area contributed by atoms with E-state index in [-0.39, 0.29) is 12.0 Å². The molecule has 7 nitrogen and oxygen atoms in total. The summed E-state index contributed by atoms with van der Waals surface area (Å²) >= 11 is 0. The molecule has 1 fully saturated rings. The second-order valence-electron chi connectivity index (χ2n) is 5.12. The number of carbonyl (C=O) groups excluding carboxylic acids is 1. The van der Waals surface area contributed by atoms with E-state index >= 15 is 0 Å². The molecular formula is C16H18N4O3. The molecule has 1 saturated heterocycles. The van der Waals surface area contributed by atoms with Crippen molar-refractivity contribution in [3.05, 3.63) is 36.5 Å². The molecule has 0 bridgehead atoms. The Bertz CT molecular complexity index is 669. The Balaban J connectivity index is 1.61. The Kier molecular flexibility index (Phi) is 4.68. The molecule has 1 aromatic carbocycles. The molecule has 3 rings (SSSR count). The average Bonchev–Trinajstić information content (AvgIpc) is 3.11. The molecule has 1 atom stereocenters. The summed E-state index contributed by atoms with van der Waals surface area (Å²) in [5.74, 6) is 0.836. The van der Waals surface area contributed by atoms with Crippen LogP contribution in [0.3, 0.4) is 0 Å². The zero-order chi connectivity index (χ0) is 16.1. The Hall–Kier alpha value is -2.67. The fourth-order valence-electron chi connectivity index (χ4n) is 2.29. The molecule has 23 heavy (non-hydrogen) atoms. The smallest absolute Gasteiger partial charge is 0.253 e. The number of benzene rings is 1. The first-order valence-corrected chi connectivity index (χ1v) is 7.41. The summed E-state index contributed by atoms with van der Waals surface area (Å²) in [7, 11) is 1.55. The van der Waals surface area contributed by atoms with Gasteiger partial charge in [0.2, 0.25) is 11.8 Å². The number of ether oxygens (including phenoxy) is 2. The van der Waals surface area contributed by atoms with E-state index in [4.69, 9.17) is 9.47 Å². The molecule has 7 heteroatoms. The molecule has 2 N–H and O–H groups in total. The molecule has 1 aliphatic heterocycles. The molecule has 0 radical (unpaired) electrons. The summed E-state index contributed by atoms with van der Waals surface area (Å²) in [6.07, 6.45) is 2.99. The van der Waals surface area contributed by atoms with Crippen LogP contribution >= 0.6 is 0 Å². The lowest BCUT2D eigenvalue weighted by molar-refractivity contribution is -0.124. The minimum Gasteiger partial charge on any atom is -0.481 e. The Morgan fingerprint density at radius 3 is 2.74 bits per heavy atom. The van der Waals surface area contributed by atoms with Crippen LogP contribution in [-0.4, -0.2) is 35.7 Å². The quantitative estimate of drug-likeness (QED) is 0.881. The number of anilines is 3. The summed E-state index contributed by atoms with van der Waals surface area (Å²) in [5, 5.41) is 5.92. The number of nitrogens with zero attached hydrogens (tertiary/aromatic N) is 2. The highest BCUT2D eigenvalue weighted by Gasteiger charge is 2.23. The first kappa shape index (κ1) is 15.2. The van der Waals surface area contributed by atoms with Crippen LogP contribution in [0.4, 0.5) is 17.3 Å². The molecule has 2 heterocycles. The summed E-state index contributed by atoms with van der Waals surface area (Å²) in [4.78, 5) is 20.3. The van der Waals surface area contributed by atoms with E-state index in [2.05, 4.69) is 20.6 Å². The van der Waals surface area contributed by atoms with Gasteiger partial charge in [0.25, 0.3) is 5.91 Å². The van der Waals surface area contributed by atoms with E-state index in [1.54, 1.807) is 19.4 Å². The van der Waals surface area contributed by atoms with Crippen molar-refractivity contribution in [3.63, 3.8) is 0 Å². The van der Waals surface area contributed by atoms with Gasteiger partial charge in [-0.15, -0.1) is 0 Å². The van der Waals surface area contributed by atoms with Crippen LogP contribution in [0.2, 0.25) is 0 Å². The van der Waals surface area contributed by atoms with Crippen LogP contribution in [0, 0.1) is 0 Å². The van der Waals surface area contributed by atoms with Crippen molar-refractivity contribution < 1.29 is 14.3 Å². The largest absolute Gasteiger partial charge is 0.481 e. The fraction of sp³-hybridized carbons (Fsp3) is 0.312. The van der Waals surface area contributed by atoms with Crippen LogP contribution in [-0.2, 0) is 9.53 Å². The number of rotatable bonds is 5. The third-order valence-electron chi connectivity index (χ3n) is 3.47. The lowest BCUT2D eigenvalue weighted by Gasteiger charge is -2.11. The lowest BCUT2D eigenvalue weighted by Crippen LogP contribution is -2.26. The third-order valence-corrected chi connectivity index (χ3v) is 3.47. The van der Waals surface area contributed by atoms with Crippen molar-refractivity contribution in [2.75, 3.05) is 24.4 Å². The Morgan fingerprint density at radius 2 is 2.04 bits per heavy atom. The number of hydrogen-bond donors (Lipinski definition) is 2. The van der Waals surface area contributed by atoms with Gasteiger partial charge in [0.15, 0.2) is 0 Å². The lowest BCUT2D eigenvalue weighted by atomic mass is 10.2. The van der Waals surface area contributed by atoms with Gasteiger partial charge in [0, 0.05) is 30.2 Å². The van der Waals surface area contributed by atoms with Crippen LogP contribution < -0.4 is 15.4 Å². The second kappa shape index (κ2) is 7.06. The van der Waals surface area contributed by atoms with Crippen LogP contribution in [0.1, 0.15) is 12.8 Å². The maximum Gasteiger partial charge on any atom is 0.253 e. The molecule has 0 saturated carbocycles. The number of aromatic nitrogens is 2. The van der Waals surface area contributed by atoms with Crippen LogP contribution in [0.25, 0.3) is 0 Å². The molecule has 1 aliphatic rings. The molecule has 0 spiro atoms. The van der Waals surface area contributed by atoms with E-state index in [1.165, 1.54) is 0 Å². The Morgan fingerprint density at radius 1 is 1.26 bits per heavy atom. The van der Waals surface area contributed by atoms with Gasteiger partial charge in [-0.25, -0.2) is 4.98 Å². The molecule has 120 valence electrons. The normalized spacial score (nSPS) is 16.8. The first-order valence-electron chi connectivity index (χ1n) is 7.41. The van der Waals surface area contributed by atoms with Crippen molar-refractivity contribution in [1.29, 1.82) is 0 Å². The average molecular weight is 314 g/mol. The molecule has 1 unspecified atom stereocenters. The van der Waals surface area contributed by atoms with Gasteiger partial charge in [-0.3, -0.25) is 4.79 Å². The summed E-state index contributed by atoms with van der Waals surface area (Å²) in [6.45, 7) is 0.654. The van der Waals surface area contributed by atoms with Crippen LogP contribution in [0.5, 0.6) is 5.88 Å².